The first-order valence-corrected chi connectivity index (χ1v) is 7.87. The number of benzene rings is 1. The lowest BCUT2D eigenvalue weighted by Crippen LogP contribution is -2.55. The van der Waals surface area contributed by atoms with E-state index in [9.17, 15) is 22.7 Å². The minimum Gasteiger partial charge on any atom is -0.478 e. The topological polar surface area (TPSA) is 104 Å². The van der Waals surface area contributed by atoms with Gasteiger partial charge in [-0.3, -0.25) is 0 Å². The molecule has 0 aliphatic heterocycles. The highest BCUT2D eigenvalue weighted by molar-refractivity contribution is 7.89. The molecule has 0 saturated heterocycles. The summed E-state index contributed by atoms with van der Waals surface area (Å²) < 4.78 is 40.7. The van der Waals surface area contributed by atoms with Gasteiger partial charge in [-0.25, -0.2) is 22.3 Å². The quantitative estimate of drug-likeness (QED) is 0.752. The summed E-state index contributed by atoms with van der Waals surface area (Å²) in [5, 5.41) is 18.2. The van der Waals surface area contributed by atoms with Gasteiger partial charge in [-0.2, -0.15) is 0 Å². The first-order chi connectivity index (χ1) is 9.71. The van der Waals surface area contributed by atoms with E-state index in [1.54, 1.807) is 0 Å². The van der Waals surface area contributed by atoms with Crippen molar-refractivity contribution in [2.24, 2.45) is 0 Å². The molecule has 2 rings (SSSR count). The molecule has 1 aromatic rings. The third kappa shape index (κ3) is 2.92. The zero-order chi connectivity index (χ0) is 15.8. The third-order valence-corrected chi connectivity index (χ3v) is 5.29. The molecule has 0 atom stereocenters. The normalized spacial score (nSPS) is 17.3. The number of halogens is 1. The van der Waals surface area contributed by atoms with E-state index in [1.807, 2.05) is 0 Å². The SMILES string of the molecule is Cc1cc(S(=O)(=O)NC2(CO)CCC2)cc(C(=O)O)c1F. The Hall–Kier alpha value is -1.51. The third-order valence-electron chi connectivity index (χ3n) is 3.73. The fourth-order valence-electron chi connectivity index (χ4n) is 2.29. The molecule has 0 spiro atoms. The van der Waals surface area contributed by atoms with Crippen LogP contribution in [0.15, 0.2) is 17.0 Å². The molecule has 1 aromatic carbocycles. The minimum atomic E-state index is -4.03. The fraction of sp³-hybridized carbons (Fsp3) is 0.462. The summed E-state index contributed by atoms with van der Waals surface area (Å²) in [7, 11) is -4.03. The first-order valence-electron chi connectivity index (χ1n) is 6.39. The maximum atomic E-state index is 13.7. The highest BCUT2D eigenvalue weighted by Crippen LogP contribution is 2.33. The average Bonchev–Trinajstić information content (AvgIpc) is 2.36. The number of carbonyl (C=O) groups is 1. The number of aryl methyl sites for hydroxylation is 1. The number of carboxylic acid groups (broad SMARTS) is 1. The van der Waals surface area contributed by atoms with E-state index in [0.29, 0.717) is 12.8 Å². The van der Waals surface area contributed by atoms with E-state index in [4.69, 9.17) is 5.11 Å². The van der Waals surface area contributed by atoms with E-state index in [-0.39, 0.29) is 17.1 Å². The maximum absolute atomic E-state index is 13.7. The number of nitrogens with one attached hydrogen (secondary N) is 1. The second-order valence-electron chi connectivity index (χ2n) is 5.30. The van der Waals surface area contributed by atoms with Crippen LogP contribution in [-0.4, -0.2) is 36.7 Å². The predicted octanol–water partition coefficient (Wildman–Crippen LogP) is 1.03. The van der Waals surface area contributed by atoms with Crippen LogP contribution in [0, 0.1) is 12.7 Å². The van der Waals surface area contributed by atoms with Crippen LogP contribution in [0.3, 0.4) is 0 Å². The lowest BCUT2D eigenvalue weighted by Gasteiger charge is -2.40. The molecular weight excluding hydrogens is 301 g/mol. The van der Waals surface area contributed by atoms with Crippen LogP contribution in [0.4, 0.5) is 4.39 Å². The zero-order valence-electron chi connectivity index (χ0n) is 11.4. The van der Waals surface area contributed by atoms with Crippen molar-refractivity contribution in [3.05, 3.63) is 29.1 Å². The number of aromatic carboxylic acids is 1. The van der Waals surface area contributed by atoms with Gasteiger partial charge >= 0.3 is 5.97 Å². The second-order valence-corrected chi connectivity index (χ2v) is 6.99. The highest BCUT2D eigenvalue weighted by Gasteiger charge is 2.40. The Morgan fingerprint density at radius 1 is 1.43 bits per heavy atom. The van der Waals surface area contributed by atoms with Gasteiger partial charge in [-0.15, -0.1) is 0 Å². The number of aliphatic hydroxyl groups is 1. The van der Waals surface area contributed by atoms with E-state index in [0.717, 1.165) is 18.6 Å². The molecule has 0 heterocycles. The zero-order valence-corrected chi connectivity index (χ0v) is 12.2. The van der Waals surface area contributed by atoms with Crippen molar-refractivity contribution in [3.63, 3.8) is 0 Å². The van der Waals surface area contributed by atoms with Gasteiger partial charge in [0, 0.05) is 0 Å². The van der Waals surface area contributed by atoms with Gasteiger partial charge in [-0.05, 0) is 43.9 Å². The summed E-state index contributed by atoms with van der Waals surface area (Å²) in [4.78, 5) is 10.6. The van der Waals surface area contributed by atoms with Crippen molar-refractivity contribution in [2.45, 2.75) is 36.6 Å². The van der Waals surface area contributed by atoms with Crippen LogP contribution >= 0.6 is 0 Å². The van der Waals surface area contributed by atoms with Gasteiger partial charge in [0.25, 0.3) is 0 Å². The summed E-state index contributed by atoms with van der Waals surface area (Å²) >= 11 is 0. The van der Waals surface area contributed by atoms with Crippen molar-refractivity contribution in [2.75, 3.05) is 6.61 Å². The van der Waals surface area contributed by atoms with Crippen molar-refractivity contribution in [1.29, 1.82) is 0 Å². The summed E-state index contributed by atoms with van der Waals surface area (Å²) in [6, 6.07) is 1.87. The van der Waals surface area contributed by atoms with Crippen molar-refractivity contribution in [3.8, 4) is 0 Å². The van der Waals surface area contributed by atoms with Gasteiger partial charge in [0.05, 0.1) is 22.6 Å². The monoisotopic (exact) mass is 317 g/mol. The fourth-order valence-corrected chi connectivity index (χ4v) is 3.85. The Morgan fingerprint density at radius 3 is 2.48 bits per heavy atom. The molecular formula is C13H16FNO5S. The van der Waals surface area contributed by atoms with Gasteiger partial charge in [0.1, 0.15) is 5.82 Å². The molecule has 6 nitrogen and oxygen atoms in total. The lowest BCUT2D eigenvalue weighted by molar-refractivity contribution is 0.0691. The summed E-state index contributed by atoms with van der Waals surface area (Å²) in [6.07, 6.45) is 1.81. The van der Waals surface area contributed by atoms with Crippen molar-refractivity contribution in [1.82, 2.24) is 4.72 Å². The number of sulfonamides is 1. The first kappa shape index (κ1) is 15.9. The molecule has 0 aromatic heterocycles. The predicted molar refractivity (Wildman–Crippen MR) is 72.1 cm³/mol. The number of hydrogen-bond acceptors (Lipinski definition) is 4. The van der Waals surface area contributed by atoms with Crippen LogP contribution < -0.4 is 4.72 Å². The molecule has 116 valence electrons. The van der Waals surface area contributed by atoms with Gasteiger partial charge < -0.3 is 10.2 Å². The second kappa shape index (κ2) is 5.36. The molecule has 1 aliphatic carbocycles. The molecule has 0 radical (unpaired) electrons. The summed E-state index contributed by atoms with van der Waals surface area (Å²) in [5.74, 6) is -2.49. The number of hydrogen-bond donors (Lipinski definition) is 3. The standard InChI is InChI=1S/C13H16FNO5S/c1-8-5-9(6-10(11(8)14)12(17)18)21(19,20)15-13(7-16)3-2-4-13/h5-6,15-16H,2-4,7H2,1H3,(H,17,18). The smallest absolute Gasteiger partial charge is 0.338 e. The summed E-state index contributed by atoms with van der Waals surface area (Å²) in [5.41, 5.74) is -1.66. The molecule has 1 aliphatic rings. The molecule has 21 heavy (non-hydrogen) atoms. The number of aliphatic hydroxyl groups excluding tert-OH is 1. The number of rotatable bonds is 5. The minimum absolute atomic E-state index is 0.0677. The Bertz CT molecular complexity index is 677. The number of carboxylic acids is 1. The van der Waals surface area contributed by atoms with Gasteiger partial charge in [0.2, 0.25) is 10.0 Å². The van der Waals surface area contributed by atoms with Gasteiger partial charge in [-0.1, -0.05) is 0 Å². The van der Waals surface area contributed by atoms with Crippen LogP contribution in [0.25, 0.3) is 0 Å². The van der Waals surface area contributed by atoms with Gasteiger partial charge in [0.15, 0.2) is 0 Å². The molecule has 1 saturated carbocycles. The largest absolute Gasteiger partial charge is 0.478 e. The van der Waals surface area contributed by atoms with E-state index >= 15 is 0 Å². The lowest BCUT2D eigenvalue weighted by atomic mass is 9.78. The molecule has 0 amide bonds. The van der Waals surface area contributed by atoms with Crippen molar-refractivity contribution >= 4 is 16.0 Å². The van der Waals surface area contributed by atoms with Crippen molar-refractivity contribution < 1.29 is 27.8 Å². The molecule has 0 bridgehead atoms. The maximum Gasteiger partial charge on any atom is 0.338 e. The Labute approximate surface area is 121 Å². The average molecular weight is 317 g/mol. The van der Waals surface area contributed by atoms with E-state index in [2.05, 4.69) is 4.72 Å². The molecule has 0 unspecified atom stereocenters. The van der Waals surface area contributed by atoms with E-state index < -0.39 is 32.9 Å². The Morgan fingerprint density at radius 2 is 2.05 bits per heavy atom. The van der Waals surface area contributed by atoms with Crippen LogP contribution in [0.1, 0.15) is 35.2 Å². The molecule has 8 heteroatoms. The Balaban J connectivity index is 2.43. The molecule has 1 fully saturated rings. The van der Waals surface area contributed by atoms with Crippen LogP contribution in [0.5, 0.6) is 0 Å². The van der Waals surface area contributed by atoms with E-state index in [1.165, 1.54) is 6.92 Å². The highest BCUT2D eigenvalue weighted by atomic mass is 32.2. The van der Waals surface area contributed by atoms with Crippen LogP contribution in [0.2, 0.25) is 0 Å². The Kier molecular flexibility index (Phi) is 4.05. The molecule has 3 N–H and O–H groups in total. The summed E-state index contributed by atoms with van der Waals surface area (Å²) in [6.45, 7) is 0.962. The van der Waals surface area contributed by atoms with Crippen LogP contribution in [-0.2, 0) is 10.0 Å².